The molecule has 0 aliphatic rings. The summed E-state index contributed by atoms with van der Waals surface area (Å²) in [6.07, 6.45) is 3.42. The van der Waals surface area contributed by atoms with Gasteiger partial charge in [0, 0.05) is 26.0 Å². The smallest absolute Gasteiger partial charge is 0.0783 e. The van der Waals surface area contributed by atoms with Gasteiger partial charge in [-0.15, -0.1) is 0 Å². The fourth-order valence-corrected chi connectivity index (χ4v) is 0.628. The van der Waals surface area contributed by atoms with Crippen molar-refractivity contribution in [2.24, 2.45) is 4.99 Å². The molecule has 0 aromatic heterocycles. The van der Waals surface area contributed by atoms with Gasteiger partial charge in [0.05, 0.1) is 12.3 Å². The molecule has 0 aliphatic carbocycles. The molecule has 0 fully saturated rings. The summed E-state index contributed by atoms with van der Waals surface area (Å²) in [5.41, 5.74) is 0.906. The third kappa shape index (κ3) is 5.61. The van der Waals surface area contributed by atoms with E-state index in [0.717, 1.165) is 12.2 Å². The van der Waals surface area contributed by atoms with Gasteiger partial charge in [-0.2, -0.15) is 0 Å². The lowest BCUT2D eigenvalue weighted by Gasteiger charge is -2.09. The Morgan fingerprint density at radius 1 is 1.64 bits per heavy atom. The summed E-state index contributed by atoms with van der Waals surface area (Å²) in [5, 5.41) is 8.42. The van der Waals surface area contributed by atoms with Crippen LogP contribution < -0.4 is 0 Å². The van der Waals surface area contributed by atoms with Crippen molar-refractivity contribution in [1.29, 1.82) is 0 Å². The average Bonchev–Trinajstić information content (AvgIpc) is 2.00. The monoisotopic (exact) mass is 156 g/mol. The SMILES string of the molecule is CCN(C)/C=C(/C)N=CCO. The van der Waals surface area contributed by atoms with E-state index in [4.69, 9.17) is 5.11 Å². The maximum absolute atomic E-state index is 8.42. The number of aliphatic imine (C=N–C) groups is 1. The van der Waals surface area contributed by atoms with Gasteiger partial charge in [-0.05, 0) is 13.8 Å². The predicted octanol–water partition coefficient (Wildman–Crippen LogP) is 0.863. The Hall–Kier alpha value is -0.830. The van der Waals surface area contributed by atoms with Gasteiger partial charge in [0.25, 0.3) is 0 Å². The zero-order valence-corrected chi connectivity index (χ0v) is 7.41. The number of hydrogen-bond donors (Lipinski definition) is 1. The molecule has 0 aromatic carbocycles. The predicted molar refractivity (Wildman–Crippen MR) is 47.6 cm³/mol. The topological polar surface area (TPSA) is 35.8 Å². The van der Waals surface area contributed by atoms with Gasteiger partial charge in [-0.1, -0.05) is 0 Å². The fraction of sp³-hybridized carbons (Fsp3) is 0.625. The molecular weight excluding hydrogens is 140 g/mol. The van der Waals surface area contributed by atoms with E-state index in [9.17, 15) is 0 Å². The summed E-state index contributed by atoms with van der Waals surface area (Å²) in [6.45, 7) is 4.94. The molecule has 0 heterocycles. The van der Waals surface area contributed by atoms with Gasteiger partial charge in [0.2, 0.25) is 0 Å². The van der Waals surface area contributed by atoms with E-state index in [1.807, 2.05) is 25.1 Å². The Bertz CT molecular complexity index is 152. The van der Waals surface area contributed by atoms with Gasteiger partial charge in [0.1, 0.15) is 0 Å². The molecule has 0 amide bonds. The largest absolute Gasteiger partial charge is 0.391 e. The van der Waals surface area contributed by atoms with Crippen LogP contribution in [0.5, 0.6) is 0 Å². The first-order chi connectivity index (χ1) is 5.20. The maximum Gasteiger partial charge on any atom is 0.0783 e. The summed E-state index contributed by atoms with van der Waals surface area (Å²) < 4.78 is 0. The van der Waals surface area contributed by atoms with Crippen LogP contribution in [0.3, 0.4) is 0 Å². The lowest BCUT2D eigenvalue weighted by Crippen LogP contribution is -2.09. The summed E-state index contributed by atoms with van der Waals surface area (Å²) in [6, 6.07) is 0. The summed E-state index contributed by atoms with van der Waals surface area (Å²) in [5.74, 6) is 0. The number of rotatable bonds is 4. The Morgan fingerprint density at radius 2 is 2.27 bits per heavy atom. The van der Waals surface area contributed by atoms with Crippen LogP contribution in [-0.4, -0.2) is 36.4 Å². The van der Waals surface area contributed by atoms with Crippen molar-refractivity contribution in [3.63, 3.8) is 0 Å². The van der Waals surface area contributed by atoms with Crippen LogP contribution in [0.1, 0.15) is 13.8 Å². The molecule has 3 nitrogen and oxygen atoms in total. The van der Waals surface area contributed by atoms with Gasteiger partial charge in [-0.25, -0.2) is 0 Å². The highest BCUT2D eigenvalue weighted by Gasteiger charge is 1.86. The van der Waals surface area contributed by atoms with Crippen molar-refractivity contribution >= 4 is 6.21 Å². The second kappa shape index (κ2) is 5.92. The molecule has 1 N–H and O–H groups in total. The first-order valence-electron chi connectivity index (χ1n) is 3.72. The van der Waals surface area contributed by atoms with Crippen LogP contribution in [-0.2, 0) is 0 Å². The molecular formula is C8H16N2O. The second-order valence-electron chi connectivity index (χ2n) is 2.34. The van der Waals surface area contributed by atoms with Crippen LogP contribution in [0.15, 0.2) is 16.9 Å². The molecule has 0 atom stereocenters. The average molecular weight is 156 g/mol. The lowest BCUT2D eigenvalue weighted by atomic mass is 10.5. The molecule has 0 radical (unpaired) electrons. The molecule has 0 bridgehead atoms. The zero-order chi connectivity index (χ0) is 8.69. The van der Waals surface area contributed by atoms with Crippen LogP contribution in [0.2, 0.25) is 0 Å². The minimum atomic E-state index is 0.00101. The molecule has 0 rings (SSSR count). The van der Waals surface area contributed by atoms with Crippen molar-refractivity contribution < 1.29 is 5.11 Å². The Morgan fingerprint density at radius 3 is 2.73 bits per heavy atom. The van der Waals surface area contributed by atoms with E-state index in [0.29, 0.717) is 0 Å². The van der Waals surface area contributed by atoms with Crippen molar-refractivity contribution in [1.82, 2.24) is 4.90 Å². The second-order valence-corrected chi connectivity index (χ2v) is 2.34. The molecule has 0 unspecified atom stereocenters. The van der Waals surface area contributed by atoms with Gasteiger partial charge < -0.3 is 10.0 Å². The van der Waals surface area contributed by atoms with E-state index >= 15 is 0 Å². The van der Waals surface area contributed by atoms with E-state index in [1.54, 1.807) is 0 Å². The molecule has 0 saturated carbocycles. The zero-order valence-electron chi connectivity index (χ0n) is 7.41. The molecule has 64 valence electrons. The normalized spacial score (nSPS) is 12.5. The quantitative estimate of drug-likeness (QED) is 0.613. The Balaban J connectivity index is 3.89. The molecule has 0 spiro atoms. The van der Waals surface area contributed by atoms with E-state index in [-0.39, 0.29) is 6.61 Å². The standard InChI is InChI=1S/C8H16N2O/c1-4-10(3)7-8(2)9-5-6-11/h5,7,11H,4,6H2,1-3H3/b8-7-,9-5?. The number of aliphatic hydroxyl groups excluding tert-OH is 1. The molecule has 0 aliphatic heterocycles. The molecule has 0 saturated heterocycles. The van der Waals surface area contributed by atoms with Crippen LogP contribution in [0, 0.1) is 0 Å². The number of allylic oxidation sites excluding steroid dienone is 1. The van der Waals surface area contributed by atoms with Gasteiger partial charge >= 0.3 is 0 Å². The molecule has 3 heteroatoms. The van der Waals surface area contributed by atoms with Crippen LogP contribution >= 0.6 is 0 Å². The van der Waals surface area contributed by atoms with E-state index in [1.165, 1.54) is 6.21 Å². The lowest BCUT2D eigenvalue weighted by molar-refractivity contribution is 0.361. The van der Waals surface area contributed by atoms with Crippen LogP contribution in [0.25, 0.3) is 0 Å². The number of aliphatic hydroxyl groups is 1. The van der Waals surface area contributed by atoms with Gasteiger partial charge in [0.15, 0.2) is 0 Å². The summed E-state index contributed by atoms with van der Waals surface area (Å²) in [7, 11) is 1.98. The number of hydrogen-bond acceptors (Lipinski definition) is 3. The highest BCUT2D eigenvalue weighted by Crippen LogP contribution is 1.95. The van der Waals surface area contributed by atoms with E-state index in [2.05, 4.69) is 11.9 Å². The third-order valence-corrected chi connectivity index (χ3v) is 1.28. The first kappa shape index (κ1) is 10.2. The Labute approximate surface area is 68.1 Å². The first-order valence-corrected chi connectivity index (χ1v) is 3.72. The van der Waals surface area contributed by atoms with Gasteiger partial charge in [-0.3, -0.25) is 4.99 Å². The fourth-order valence-electron chi connectivity index (χ4n) is 0.628. The number of nitrogens with zero attached hydrogens (tertiary/aromatic N) is 2. The third-order valence-electron chi connectivity index (χ3n) is 1.28. The maximum atomic E-state index is 8.42. The minimum absolute atomic E-state index is 0.00101. The highest BCUT2D eigenvalue weighted by molar-refractivity contribution is 5.59. The highest BCUT2D eigenvalue weighted by atomic mass is 16.2. The van der Waals surface area contributed by atoms with Crippen molar-refractivity contribution in [2.45, 2.75) is 13.8 Å². The molecule has 11 heavy (non-hydrogen) atoms. The Kier molecular flexibility index (Phi) is 5.47. The van der Waals surface area contributed by atoms with Crippen molar-refractivity contribution in [2.75, 3.05) is 20.2 Å². The van der Waals surface area contributed by atoms with Crippen molar-refractivity contribution in [3.05, 3.63) is 11.9 Å². The van der Waals surface area contributed by atoms with Crippen molar-refractivity contribution in [3.8, 4) is 0 Å². The van der Waals surface area contributed by atoms with Crippen LogP contribution in [0.4, 0.5) is 0 Å². The van der Waals surface area contributed by atoms with E-state index < -0.39 is 0 Å². The molecule has 0 aromatic rings. The minimum Gasteiger partial charge on any atom is -0.391 e. The summed E-state index contributed by atoms with van der Waals surface area (Å²) in [4.78, 5) is 6.01. The summed E-state index contributed by atoms with van der Waals surface area (Å²) >= 11 is 0.